The number of pyridine rings is 2. The molecule has 42 heteroatoms. The number of aliphatic hydroxyl groups excluding tert-OH is 1. The van der Waals surface area contributed by atoms with Crippen LogP contribution in [0.15, 0.2) is 58.3 Å². The minimum atomic E-state index is -1.75. The number of aromatic amines is 2. The molecule has 6 aromatic rings. The summed E-state index contributed by atoms with van der Waals surface area (Å²) in [5, 5.41) is 22.6. The van der Waals surface area contributed by atoms with Gasteiger partial charge in [-0.3, -0.25) is 63.3 Å². The first-order valence-corrected chi connectivity index (χ1v) is 54.5. The molecule has 728 valence electrons. The molecular formula is C92H132Cl2N20O17Si3. The van der Waals surface area contributed by atoms with Gasteiger partial charge < -0.3 is 79.2 Å². The van der Waals surface area contributed by atoms with Crippen molar-refractivity contribution < 1.29 is 80.9 Å². The van der Waals surface area contributed by atoms with Gasteiger partial charge in [0, 0.05) is 134 Å². The molecule has 0 bridgehead atoms. The standard InChI is InChI=1S/C25H27ClN8O4.2C17H28N2O3Si.C15H16ClN5O2.C11H25NOSi.C7H8N2O4/c1-12-9-28-17(13(2)20(12)38-3)11-34-22-19(21(26)31-25(27)32-22)15(23(34)36)8-18-29-10-16(30-18)24(37)33-6-4-14(35)5-7-33;2*1-17(2,3)23(4,5)22-15-6-8-19(9-7-15)16(21)13-10-14(12-20)18-11-13;1-7-5-18-10(8(2)12(7)23-3)6-21-11(22)4-9-13(16)19-15(17)20-14(9)21;1-11(2,3)14(4,5)13-10-6-8-12-9-7-10;1-2-13-7(12)5-8-3-4(9-5)6(10)11/h8-10,14,35H,4-7,11H2,1-3H3,(H,29,30)(H2,27,31,32);2*11-12,15H,6-10H2,1-5H3;5H,4,6H2,1-3H3,(H2,17,19,20);10,12H,6-9H2,1-5H3;3H,2H2,1H3,(H,8,9)(H,10,11)/b15-8-;;;;;. The number of nitrogens with one attached hydrogen (secondary N) is 3. The number of imidazole rings is 2. The second kappa shape index (κ2) is 45.8. The first-order valence-electron chi connectivity index (χ1n) is 45.0. The van der Waals surface area contributed by atoms with Crippen LogP contribution in [0.5, 0.6) is 11.5 Å². The van der Waals surface area contributed by atoms with Gasteiger partial charge in [-0.2, -0.15) is 9.97 Å². The number of aromatic nitrogens is 10. The number of carboxylic acids is 1. The molecule has 0 unspecified atom stereocenters. The van der Waals surface area contributed by atoms with E-state index in [1.54, 1.807) is 38.4 Å². The maximum atomic E-state index is 13.7. The number of nitrogen functional groups attached to an aromatic ring is 2. The second-order valence-electron chi connectivity index (χ2n) is 38.5. The van der Waals surface area contributed by atoms with Crippen LogP contribution in [-0.4, -0.2) is 263 Å². The fourth-order valence-corrected chi connectivity index (χ4v) is 19.8. The van der Waals surface area contributed by atoms with Gasteiger partial charge in [-0.1, -0.05) is 85.5 Å². The van der Waals surface area contributed by atoms with Gasteiger partial charge in [-0.25, -0.2) is 29.5 Å². The highest BCUT2D eigenvalue weighted by Crippen LogP contribution is 2.45. The molecule has 37 nitrogen and oxygen atoms in total. The number of anilines is 4. The van der Waals surface area contributed by atoms with Crippen LogP contribution in [0.3, 0.4) is 0 Å². The number of likely N-dealkylation sites (tertiary alicyclic amines) is 3. The topological polar surface area (TPSA) is 489 Å². The van der Waals surface area contributed by atoms with Crippen molar-refractivity contribution in [1.82, 2.24) is 69.9 Å². The predicted molar refractivity (Wildman–Crippen MR) is 521 cm³/mol. The summed E-state index contributed by atoms with van der Waals surface area (Å²) in [6, 6.07) is 0. The minimum Gasteiger partial charge on any atom is -0.496 e. The molecule has 0 atom stereocenters. The summed E-state index contributed by atoms with van der Waals surface area (Å²) in [5.74, 6) is -0.197. The van der Waals surface area contributed by atoms with E-state index >= 15 is 0 Å². The Morgan fingerprint density at radius 2 is 0.978 bits per heavy atom. The van der Waals surface area contributed by atoms with Crippen molar-refractivity contribution >= 4 is 149 Å². The molecule has 4 saturated heterocycles. The Hall–Kier alpha value is -10.7. The molecule has 8 aliphatic heterocycles. The smallest absolute Gasteiger partial charge is 0.374 e. The van der Waals surface area contributed by atoms with E-state index in [1.165, 1.54) is 47.3 Å². The normalized spacial score (nSPS) is 17.2. The third kappa shape index (κ3) is 27.1. The highest BCUT2D eigenvalue weighted by Gasteiger charge is 2.45. The Morgan fingerprint density at radius 3 is 1.40 bits per heavy atom. The Labute approximate surface area is 796 Å². The number of amides is 5. The number of fused-ring (bicyclic) bond motifs is 2. The molecule has 0 aliphatic carbocycles. The van der Waals surface area contributed by atoms with Gasteiger partial charge in [0.1, 0.15) is 44.8 Å². The highest BCUT2D eigenvalue weighted by molar-refractivity contribution is 6.75. The molecule has 9 N–H and O–H groups in total. The lowest BCUT2D eigenvalue weighted by Gasteiger charge is -2.42. The van der Waals surface area contributed by atoms with E-state index in [1.807, 2.05) is 37.5 Å². The van der Waals surface area contributed by atoms with E-state index in [9.17, 15) is 48.3 Å². The van der Waals surface area contributed by atoms with Gasteiger partial charge in [-0.15, -0.1) is 0 Å². The predicted octanol–water partition coefficient (Wildman–Crippen LogP) is 12.9. The zero-order chi connectivity index (χ0) is 99.0. The van der Waals surface area contributed by atoms with Crippen LogP contribution in [0, 0.1) is 27.7 Å². The van der Waals surface area contributed by atoms with Crippen molar-refractivity contribution in [2.45, 2.75) is 259 Å². The molecular weight excluding hydrogens is 1810 g/mol. The lowest BCUT2D eigenvalue weighted by atomic mass is 10.1. The van der Waals surface area contributed by atoms with Crippen molar-refractivity contribution in [1.29, 1.82) is 0 Å². The maximum absolute atomic E-state index is 13.7. The number of aromatic carboxylic acids is 1. The van der Waals surface area contributed by atoms with Crippen LogP contribution < -0.4 is 36.1 Å². The summed E-state index contributed by atoms with van der Waals surface area (Å²) >= 11 is 12.5. The molecule has 14 heterocycles. The van der Waals surface area contributed by atoms with E-state index in [2.05, 4.69) is 171 Å². The number of aryl methyl sites for hydroxylation is 2. The summed E-state index contributed by atoms with van der Waals surface area (Å²) < 4.78 is 34.7. The molecule has 5 amide bonds. The van der Waals surface area contributed by atoms with Crippen LogP contribution in [-0.2, 0) is 66.3 Å². The molecule has 14 rings (SSSR count). The molecule has 6 aromatic heterocycles. The Bertz CT molecular complexity index is 5350. The Balaban J connectivity index is 0.000000187. The number of rotatable bonds is 21. The average Bonchev–Trinajstić information content (AvgIpc) is 1.51. The number of carbonyl (C=O) groups is 9. The van der Waals surface area contributed by atoms with Crippen molar-refractivity contribution in [3.05, 3.63) is 126 Å². The molecule has 0 saturated carbocycles. The molecule has 134 heavy (non-hydrogen) atoms. The number of nitrogens with two attached hydrogens (primary N) is 2. The lowest BCUT2D eigenvalue weighted by molar-refractivity contribution is -0.129. The number of hydrogen-bond acceptors (Lipinski definition) is 29. The van der Waals surface area contributed by atoms with Gasteiger partial charge in [0.2, 0.25) is 23.6 Å². The number of esters is 1. The SMILES string of the molecule is CC(C)(C)[Si](C)(C)OC1CCN(C(=O)C2=CN=C(C=O)C2)CC1.CC(C)(C)[Si](C)(C)OC1CCN(C(=O)C2=CN=C(C=O)C2)CC1.CC(C)(C)[Si](C)(C)OC1CCNCC1.CCOC(=O)c1ncc(C(=O)O)[nH]1.COc1c(C)cnc(CN2C(=O)/C(=C\c3ncc(C(=O)N4CCC(O)CC4)[nH]3)c3c(Cl)nc(N)nc32)c1C.COc1c(C)cnc(CN2C(=O)Cc3c(Cl)nc(N)nc32)c1C. The number of aliphatic imine (C=N–C) groups is 2. The first kappa shape index (κ1) is 107. The number of piperidine rings is 4. The summed E-state index contributed by atoms with van der Waals surface area (Å²) in [4.78, 5) is 161. The van der Waals surface area contributed by atoms with Crippen molar-refractivity contribution in [3.8, 4) is 11.5 Å². The monoisotopic (exact) mass is 1940 g/mol. The number of aldehydes is 2. The highest BCUT2D eigenvalue weighted by atomic mass is 35.5. The van der Waals surface area contributed by atoms with Crippen molar-refractivity contribution in [2.24, 2.45) is 9.98 Å². The molecule has 0 spiro atoms. The van der Waals surface area contributed by atoms with Crippen LogP contribution in [0.25, 0.3) is 11.6 Å². The van der Waals surface area contributed by atoms with E-state index < -0.39 is 48.9 Å². The number of ether oxygens (including phenoxy) is 3. The number of H-pyrrole nitrogens is 2. The summed E-state index contributed by atoms with van der Waals surface area (Å²) in [6.07, 6.45) is 20.4. The molecule has 0 radical (unpaired) electrons. The van der Waals surface area contributed by atoms with Gasteiger partial charge in [0.15, 0.2) is 43.3 Å². The number of methoxy groups -OCH3 is 2. The van der Waals surface area contributed by atoms with Crippen molar-refractivity contribution in [3.63, 3.8) is 0 Å². The lowest BCUT2D eigenvalue weighted by Crippen LogP contribution is -2.48. The minimum absolute atomic E-state index is 0.0105. The molecule has 4 fully saturated rings. The first-order chi connectivity index (χ1) is 62.8. The van der Waals surface area contributed by atoms with Crippen LogP contribution in [0.1, 0.15) is 216 Å². The van der Waals surface area contributed by atoms with Crippen LogP contribution in [0.2, 0.25) is 64.7 Å². The number of carbonyl (C=O) groups excluding carboxylic acids is 8. The van der Waals surface area contributed by atoms with E-state index in [0.29, 0.717) is 133 Å². The van der Waals surface area contributed by atoms with E-state index in [4.69, 9.17) is 62.5 Å². The third-order valence-corrected chi connectivity index (χ3v) is 40.0. The van der Waals surface area contributed by atoms with Gasteiger partial charge in [-0.05, 0) is 160 Å². The molecule has 8 aliphatic rings. The number of nitrogens with zero attached hydrogens (tertiary/aromatic N) is 15. The average molecular weight is 1950 g/mol. The van der Waals surface area contributed by atoms with Gasteiger partial charge in [0.25, 0.3) is 23.6 Å². The number of carboxylic acid groups (broad SMARTS) is 1. The van der Waals surface area contributed by atoms with Crippen LogP contribution >= 0.6 is 23.2 Å². The number of halogens is 2. The Morgan fingerprint density at radius 1 is 0.552 bits per heavy atom. The quantitative estimate of drug-likeness (QED) is 0.0116. The summed E-state index contributed by atoms with van der Waals surface area (Å²) in [6.45, 7) is 50.0. The van der Waals surface area contributed by atoms with E-state index in [-0.39, 0.29) is 123 Å². The van der Waals surface area contributed by atoms with Gasteiger partial charge in [0.05, 0.1) is 92.8 Å². The number of aliphatic hydroxyl groups is 1. The zero-order valence-corrected chi connectivity index (χ0v) is 85.7. The maximum Gasteiger partial charge on any atom is 0.374 e. The van der Waals surface area contributed by atoms with Gasteiger partial charge >= 0.3 is 11.9 Å². The van der Waals surface area contributed by atoms with E-state index in [0.717, 1.165) is 91.2 Å². The Kier molecular flexibility index (Phi) is 36.5. The fourth-order valence-electron chi connectivity index (χ4n) is 15.0. The fraction of sp³-hybridized carbons (Fsp3) is 0.554. The van der Waals surface area contributed by atoms with Crippen LogP contribution in [0.4, 0.5) is 23.5 Å². The zero-order valence-electron chi connectivity index (χ0n) is 81.2. The number of hydrogen-bond donors (Lipinski definition) is 7. The largest absolute Gasteiger partial charge is 0.496 e. The summed E-state index contributed by atoms with van der Waals surface area (Å²) in [5.41, 5.74) is 19.8. The summed E-state index contributed by atoms with van der Waals surface area (Å²) in [7, 11) is -1.83. The third-order valence-electron chi connectivity index (χ3n) is 25.8. The van der Waals surface area contributed by atoms with Crippen molar-refractivity contribution in [2.75, 3.05) is 94.5 Å². The molecule has 0 aromatic carbocycles. The second-order valence-corrected chi connectivity index (χ2v) is 53.5.